The summed E-state index contributed by atoms with van der Waals surface area (Å²) in [7, 11) is 0. The largest absolute Gasteiger partial charge is 0.416 e. The lowest BCUT2D eigenvalue weighted by molar-refractivity contribution is -0.137. The highest BCUT2D eigenvalue weighted by Gasteiger charge is 2.31. The molecule has 0 aliphatic rings. The third-order valence-electron chi connectivity index (χ3n) is 2.96. The van der Waals surface area contributed by atoms with E-state index in [-0.39, 0.29) is 23.8 Å². The van der Waals surface area contributed by atoms with Crippen LogP contribution < -0.4 is 11.1 Å². The van der Waals surface area contributed by atoms with Gasteiger partial charge in [0.15, 0.2) is 0 Å². The smallest absolute Gasteiger partial charge is 0.330 e. The minimum atomic E-state index is -4.46. The highest BCUT2D eigenvalue weighted by atomic mass is 35.5. The van der Waals surface area contributed by atoms with E-state index in [2.05, 4.69) is 10.3 Å². The van der Waals surface area contributed by atoms with E-state index in [0.29, 0.717) is 23.5 Å². The Labute approximate surface area is 141 Å². The number of rotatable bonds is 4. The molecular formula is C14H15ClF3N3OS. The molecule has 4 nitrogen and oxygen atoms in total. The third kappa shape index (κ3) is 4.92. The summed E-state index contributed by atoms with van der Waals surface area (Å²) >= 11 is 1.29. The van der Waals surface area contributed by atoms with Crippen molar-refractivity contribution in [1.82, 2.24) is 4.98 Å². The summed E-state index contributed by atoms with van der Waals surface area (Å²) in [6.07, 6.45) is -3.90. The van der Waals surface area contributed by atoms with E-state index in [4.69, 9.17) is 5.73 Å². The Morgan fingerprint density at radius 2 is 2.09 bits per heavy atom. The molecule has 126 valence electrons. The van der Waals surface area contributed by atoms with E-state index in [1.165, 1.54) is 17.4 Å². The number of carbonyl (C=O) groups excluding carboxylic acids is 1. The van der Waals surface area contributed by atoms with E-state index >= 15 is 0 Å². The third-order valence-corrected chi connectivity index (χ3v) is 3.86. The van der Waals surface area contributed by atoms with Crippen molar-refractivity contribution in [3.63, 3.8) is 0 Å². The molecule has 0 fully saturated rings. The van der Waals surface area contributed by atoms with Crippen LogP contribution in [0.1, 0.15) is 26.6 Å². The second-order valence-electron chi connectivity index (χ2n) is 4.65. The molecule has 0 spiro atoms. The van der Waals surface area contributed by atoms with Gasteiger partial charge in [-0.05, 0) is 31.2 Å². The van der Waals surface area contributed by atoms with Gasteiger partial charge in [-0.25, -0.2) is 4.98 Å². The summed E-state index contributed by atoms with van der Waals surface area (Å²) < 4.78 is 38.1. The van der Waals surface area contributed by atoms with E-state index in [1.54, 1.807) is 12.3 Å². The van der Waals surface area contributed by atoms with Crippen LogP contribution in [0.25, 0.3) is 0 Å². The fraction of sp³-hybridized carbons (Fsp3) is 0.286. The van der Waals surface area contributed by atoms with Gasteiger partial charge >= 0.3 is 6.18 Å². The van der Waals surface area contributed by atoms with Crippen molar-refractivity contribution in [2.75, 3.05) is 11.9 Å². The van der Waals surface area contributed by atoms with Crippen LogP contribution in [0.5, 0.6) is 0 Å². The molecule has 2 rings (SSSR count). The summed E-state index contributed by atoms with van der Waals surface area (Å²) in [6, 6.07) is 3.22. The SMILES string of the molecule is Cc1ccc(C(F)(F)F)cc1NC(=O)c1csc(CCN)n1.Cl. The van der Waals surface area contributed by atoms with Crippen molar-refractivity contribution >= 4 is 35.3 Å². The van der Waals surface area contributed by atoms with Gasteiger partial charge in [-0.3, -0.25) is 4.79 Å². The number of nitrogens with one attached hydrogen (secondary N) is 1. The summed E-state index contributed by atoms with van der Waals surface area (Å²) in [4.78, 5) is 16.2. The van der Waals surface area contributed by atoms with Gasteiger partial charge in [-0.2, -0.15) is 13.2 Å². The number of anilines is 1. The molecule has 1 aromatic heterocycles. The Bertz CT molecular complexity index is 688. The molecular weight excluding hydrogens is 351 g/mol. The molecule has 3 N–H and O–H groups in total. The van der Waals surface area contributed by atoms with Crippen LogP contribution in [0, 0.1) is 6.92 Å². The fourth-order valence-corrected chi connectivity index (χ4v) is 2.57. The zero-order valence-electron chi connectivity index (χ0n) is 12.1. The quantitative estimate of drug-likeness (QED) is 0.869. The molecule has 0 bridgehead atoms. The van der Waals surface area contributed by atoms with Crippen LogP contribution in [0.3, 0.4) is 0 Å². The molecule has 0 aliphatic carbocycles. The van der Waals surface area contributed by atoms with E-state index in [9.17, 15) is 18.0 Å². The van der Waals surface area contributed by atoms with E-state index < -0.39 is 17.6 Å². The van der Waals surface area contributed by atoms with Crippen molar-refractivity contribution in [2.24, 2.45) is 5.73 Å². The molecule has 1 aromatic carbocycles. The lowest BCUT2D eigenvalue weighted by atomic mass is 10.1. The van der Waals surface area contributed by atoms with Gasteiger partial charge in [0.2, 0.25) is 0 Å². The van der Waals surface area contributed by atoms with Crippen LogP contribution in [0.4, 0.5) is 18.9 Å². The summed E-state index contributed by atoms with van der Waals surface area (Å²) in [6.45, 7) is 2.04. The van der Waals surface area contributed by atoms with Crippen LogP contribution in [-0.4, -0.2) is 17.4 Å². The number of thiazole rings is 1. The second kappa shape index (κ2) is 7.76. The van der Waals surface area contributed by atoms with Crippen molar-refractivity contribution < 1.29 is 18.0 Å². The van der Waals surface area contributed by atoms with Gasteiger partial charge < -0.3 is 11.1 Å². The molecule has 2 aromatic rings. The molecule has 23 heavy (non-hydrogen) atoms. The number of benzene rings is 1. The van der Waals surface area contributed by atoms with Gasteiger partial charge in [0.05, 0.1) is 10.6 Å². The summed E-state index contributed by atoms with van der Waals surface area (Å²) in [5, 5.41) is 4.74. The molecule has 1 heterocycles. The minimum absolute atomic E-state index is 0. The number of amides is 1. The Morgan fingerprint density at radius 3 is 2.70 bits per heavy atom. The number of hydrogen-bond donors (Lipinski definition) is 2. The maximum atomic E-state index is 12.7. The highest BCUT2D eigenvalue weighted by Crippen LogP contribution is 2.32. The van der Waals surface area contributed by atoms with E-state index in [1.807, 2.05) is 0 Å². The van der Waals surface area contributed by atoms with Gasteiger partial charge in [0.1, 0.15) is 5.69 Å². The first-order valence-electron chi connectivity index (χ1n) is 6.45. The van der Waals surface area contributed by atoms with Crippen LogP contribution in [-0.2, 0) is 12.6 Å². The standard InChI is InChI=1S/C14H14F3N3OS.ClH/c1-8-2-3-9(14(15,16)17)6-10(8)20-13(21)11-7-22-12(19-11)4-5-18;/h2-3,6-7H,4-5,18H2,1H3,(H,20,21);1H. The Morgan fingerprint density at radius 1 is 1.39 bits per heavy atom. The normalized spacial score (nSPS) is 11.0. The highest BCUT2D eigenvalue weighted by molar-refractivity contribution is 7.09. The molecule has 0 aliphatic heterocycles. The summed E-state index contributed by atoms with van der Waals surface area (Å²) in [5.41, 5.74) is 5.43. The topological polar surface area (TPSA) is 68.0 Å². The number of halogens is 4. The fourth-order valence-electron chi connectivity index (χ4n) is 1.77. The number of aromatic nitrogens is 1. The number of alkyl halides is 3. The van der Waals surface area contributed by atoms with Gasteiger partial charge in [0.25, 0.3) is 5.91 Å². The number of nitrogens with zero attached hydrogens (tertiary/aromatic N) is 1. The van der Waals surface area contributed by atoms with Crippen molar-refractivity contribution in [3.8, 4) is 0 Å². The molecule has 9 heteroatoms. The molecule has 0 atom stereocenters. The van der Waals surface area contributed by atoms with Crippen molar-refractivity contribution in [1.29, 1.82) is 0 Å². The number of hydrogen-bond acceptors (Lipinski definition) is 4. The predicted molar refractivity (Wildman–Crippen MR) is 86.3 cm³/mol. The molecule has 0 unspecified atom stereocenters. The lowest BCUT2D eigenvalue weighted by Gasteiger charge is -2.12. The maximum Gasteiger partial charge on any atom is 0.416 e. The van der Waals surface area contributed by atoms with Gasteiger partial charge in [-0.1, -0.05) is 6.07 Å². The zero-order chi connectivity index (χ0) is 16.3. The molecule has 1 amide bonds. The van der Waals surface area contributed by atoms with Gasteiger partial charge in [-0.15, -0.1) is 23.7 Å². The first-order chi connectivity index (χ1) is 10.3. The number of nitrogens with two attached hydrogens (primary N) is 1. The Kier molecular flexibility index (Phi) is 6.55. The van der Waals surface area contributed by atoms with E-state index in [0.717, 1.165) is 12.1 Å². The lowest BCUT2D eigenvalue weighted by Crippen LogP contribution is -2.15. The Hall–Kier alpha value is -1.64. The molecule has 0 radical (unpaired) electrons. The first kappa shape index (κ1) is 19.4. The van der Waals surface area contributed by atoms with Gasteiger partial charge in [0, 0.05) is 17.5 Å². The average Bonchev–Trinajstić information content (AvgIpc) is 2.89. The number of carbonyl (C=O) groups is 1. The van der Waals surface area contributed by atoms with Crippen molar-refractivity contribution in [2.45, 2.75) is 19.5 Å². The zero-order valence-corrected chi connectivity index (χ0v) is 13.7. The average molecular weight is 366 g/mol. The maximum absolute atomic E-state index is 12.7. The minimum Gasteiger partial charge on any atom is -0.330 e. The van der Waals surface area contributed by atoms with Crippen LogP contribution in [0.15, 0.2) is 23.6 Å². The number of aryl methyl sites for hydroxylation is 1. The second-order valence-corrected chi connectivity index (χ2v) is 5.59. The van der Waals surface area contributed by atoms with Crippen LogP contribution in [0.2, 0.25) is 0 Å². The predicted octanol–water partition coefficient (Wildman–Crippen LogP) is 3.65. The monoisotopic (exact) mass is 365 g/mol. The molecule has 0 saturated carbocycles. The summed E-state index contributed by atoms with van der Waals surface area (Å²) in [5.74, 6) is -0.540. The first-order valence-corrected chi connectivity index (χ1v) is 7.33. The van der Waals surface area contributed by atoms with Crippen molar-refractivity contribution in [3.05, 3.63) is 45.4 Å². The Balaban J connectivity index is 0.00000264. The van der Waals surface area contributed by atoms with Crippen LogP contribution >= 0.6 is 23.7 Å². The molecule has 0 saturated heterocycles.